The normalized spacial score (nSPS) is 10.4. The zero-order valence-electron chi connectivity index (χ0n) is 10.9. The molecule has 0 radical (unpaired) electrons. The molecule has 1 amide bonds. The zero-order valence-corrected chi connectivity index (χ0v) is 10.9. The summed E-state index contributed by atoms with van der Waals surface area (Å²) in [6.45, 7) is 7.03. The van der Waals surface area contributed by atoms with Crippen LogP contribution in [0.5, 0.6) is 0 Å². The molecule has 0 atom stereocenters. The highest BCUT2D eigenvalue weighted by atomic mass is 16.1. The monoisotopic (exact) mass is 243 g/mol. The molecule has 0 aliphatic carbocycles. The van der Waals surface area contributed by atoms with Crippen molar-refractivity contribution in [2.24, 2.45) is 0 Å². The third-order valence-corrected chi connectivity index (χ3v) is 3.07. The smallest absolute Gasteiger partial charge is 0.213 e. The predicted octanol–water partition coefficient (Wildman–Crippen LogP) is 2.42. The van der Waals surface area contributed by atoms with Crippen LogP contribution < -0.4 is 5.32 Å². The summed E-state index contributed by atoms with van der Waals surface area (Å²) in [4.78, 5) is 14.6. The van der Waals surface area contributed by atoms with E-state index >= 15 is 0 Å². The number of hydrogen-bond donors (Lipinski definition) is 1. The van der Waals surface area contributed by atoms with Gasteiger partial charge in [0.15, 0.2) is 0 Å². The van der Waals surface area contributed by atoms with E-state index in [-0.39, 0.29) is 0 Å². The van der Waals surface area contributed by atoms with Crippen LogP contribution in [0.3, 0.4) is 0 Å². The molecule has 1 N–H and O–H groups in total. The largest absolute Gasteiger partial charge is 0.313 e. The number of nitrogens with zero attached hydrogens (tertiary/aromatic N) is 2. The van der Waals surface area contributed by atoms with E-state index in [1.165, 1.54) is 22.3 Å². The first-order valence-electron chi connectivity index (χ1n) is 5.90. The van der Waals surface area contributed by atoms with Gasteiger partial charge in [-0.3, -0.25) is 10.1 Å². The van der Waals surface area contributed by atoms with Gasteiger partial charge in [0.1, 0.15) is 0 Å². The molecule has 0 unspecified atom stereocenters. The van der Waals surface area contributed by atoms with Crippen LogP contribution >= 0.6 is 0 Å². The number of anilines is 1. The molecule has 18 heavy (non-hydrogen) atoms. The maximum Gasteiger partial charge on any atom is 0.213 e. The minimum absolute atomic E-state index is 0.573. The Morgan fingerprint density at radius 1 is 1.28 bits per heavy atom. The Balaban J connectivity index is 2.34. The van der Waals surface area contributed by atoms with Crippen molar-refractivity contribution in [1.82, 2.24) is 9.55 Å². The van der Waals surface area contributed by atoms with E-state index in [2.05, 4.69) is 43.2 Å². The van der Waals surface area contributed by atoms with Crippen molar-refractivity contribution >= 4 is 12.4 Å². The summed E-state index contributed by atoms with van der Waals surface area (Å²) in [5, 5.41) is 2.60. The Labute approximate surface area is 107 Å². The molecule has 1 aromatic heterocycles. The van der Waals surface area contributed by atoms with Crippen LogP contribution in [0.2, 0.25) is 0 Å². The van der Waals surface area contributed by atoms with Crippen LogP contribution in [0.1, 0.15) is 22.3 Å². The van der Waals surface area contributed by atoms with Crippen molar-refractivity contribution in [1.29, 1.82) is 0 Å². The van der Waals surface area contributed by atoms with E-state index in [1.807, 2.05) is 10.8 Å². The maximum absolute atomic E-state index is 10.5. The first-order chi connectivity index (χ1) is 8.61. The van der Waals surface area contributed by atoms with Gasteiger partial charge in [0.2, 0.25) is 12.4 Å². The lowest BCUT2D eigenvalue weighted by atomic mass is 10.00. The summed E-state index contributed by atoms with van der Waals surface area (Å²) in [5.41, 5.74) is 5.06. The van der Waals surface area contributed by atoms with E-state index in [0.29, 0.717) is 18.9 Å². The molecular formula is C14H17N3O. The number of carbonyl (C=O) groups excluding carboxylic acids is 1. The van der Waals surface area contributed by atoms with Crippen molar-refractivity contribution in [2.75, 3.05) is 5.32 Å². The molecule has 0 aliphatic rings. The van der Waals surface area contributed by atoms with Gasteiger partial charge in [-0.15, -0.1) is 0 Å². The van der Waals surface area contributed by atoms with Crippen molar-refractivity contribution in [2.45, 2.75) is 27.3 Å². The lowest BCUT2D eigenvalue weighted by Gasteiger charge is -2.13. The highest BCUT2D eigenvalue weighted by molar-refractivity contribution is 5.66. The molecule has 0 saturated carbocycles. The number of benzene rings is 1. The molecule has 4 heteroatoms. The van der Waals surface area contributed by atoms with Crippen molar-refractivity contribution in [3.8, 4) is 0 Å². The molecule has 0 aliphatic heterocycles. The summed E-state index contributed by atoms with van der Waals surface area (Å²) in [7, 11) is 0. The fourth-order valence-electron chi connectivity index (χ4n) is 2.26. The Morgan fingerprint density at radius 2 is 1.94 bits per heavy atom. The minimum atomic E-state index is 0.573. The van der Waals surface area contributed by atoms with E-state index in [0.717, 1.165) is 0 Å². The number of aryl methyl sites for hydroxylation is 3. The van der Waals surface area contributed by atoms with E-state index < -0.39 is 0 Å². The van der Waals surface area contributed by atoms with E-state index in [9.17, 15) is 4.79 Å². The molecule has 2 aromatic rings. The van der Waals surface area contributed by atoms with Gasteiger partial charge in [0.05, 0.1) is 6.54 Å². The topological polar surface area (TPSA) is 46.9 Å². The standard InChI is InChI=1S/C14H17N3O/c1-10-6-11(2)13(12(3)7-10)8-17-5-4-15-14(17)16-9-18/h4-7,9H,8H2,1-3H3,(H,15,16,18). The van der Waals surface area contributed by atoms with Crippen LogP contribution in [0, 0.1) is 20.8 Å². The molecule has 2 rings (SSSR count). The quantitative estimate of drug-likeness (QED) is 0.838. The molecule has 94 valence electrons. The van der Waals surface area contributed by atoms with Gasteiger partial charge in [0.25, 0.3) is 0 Å². The Hall–Kier alpha value is -2.10. The molecule has 0 spiro atoms. The molecule has 0 saturated heterocycles. The number of nitrogens with one attached hydrogen (secondary N) is 1. The average Bonchev–Trinajstić information content (AvgIpc) is 2.71. The summed E-state index contributed by atoms with van der Waals surface area (Å²) in [6.07, 6.45) is 4.20. The van der Waals surface area contributed by atoms with Gasteiger partial charge >= 0.3 is 0 Å². The minimum Gasteiger partial charge on any atom is -0.313 e. The average molecular weight is 243 g/mol. The molecule has 0 bridgehead atoms. The van der Waals surface area contributed by atoms with E-state index in [1.54, 1.807) is 6.20 Å². The number of imidazole rings is 1. The number of hydrogen-bond acceptors (Lipinski definition) is 2. The van der Waals surface area contributed by atoms with Crippen LogP contribution in [0.4, 0.5) is 5.95 Å². The lowest BCUT2D eigenvalue weighted by molar-refractivity contribution is -0.105. The number of rotatable bonds is 4. The summed E-state index contributed by atoms with van der Waals surface area (Å²) >= 11 is 0. The Morgan fingerprint density at radius 3 is 2.56 bits per heavy atom. The summed E-state index contributed by atoms with van der Waals surface area (Å²) in [6, 6.07) is 4.35. The van der Waals surface area contributed by atoms with Crippen LogP contribution in [-0.4, -0.2) is 16.0 Å². The Kier molecular flexibility index (Phi) is 3.46. The van der Waals surface area contributed by atoms with Crippen LogP contribution in [0.15, 0.2) is 24.5 Å². The highest BCUT2D eigenvalue weighted by Crippen LogP contribution is 2.19. The van der Waals surface area contributed by atoms with Gasteiger partial charge in [-0.2, -0.15) is 0 Å². The second kappa shape index (κ2) is 5.04. The first kappa shape index (κ1) is 12.4. The Bertz CT molecular complexity index is 549. The fourth-order valence-corrected chi connectivity index (χ4v) is 2.26. The summed E-state index contributed by atoms with van der Waals surface area (Å²) < 4.78 is 1.93. The molecule has 1 aromatic carbocycles. The highest BCUT2D eigenvalue weighted by Gasteiger charge is 2.07. The van der Waals surface area contributed by atoms with Gasteiger partial charge < -0.3 is 4.57 Å². The number of carbonyl (C=O) groups is 1. The summed E-state index contributed by atoms with van der Waals surface area (Å²) in [5.74, 6) is 0.573. The SMILES string of the molecule is Cc1cc(C)c(Cn2ccnc2NC=O)c(C)c1. The third kappa shape index (κ3) is 2.42. The molecule has 0 fully saturated rings. The molecule has 1 heterocycles. The number of aromatic nitrogens is 2. The van der Waals surface area contributed by atoms with Crippen LogP contribution in [0.25, 0.3) is 0 Å². The molecular weight excluding hydrogens is 226 g/mol. The van der Waals surface area contributed by atoms with Crippen molar-refractivity contribution in [3.63, 3.8) is 0 Å². The van der Waals surface area contributed by atoms with Crippen molar-refractivity contribution in [3.05, 3.63) is 46.8 Å². The zero-order chi connectivity index (χ0) is 13.1. The van der Waals surface area contributed by atoms with Gasteiger partial charge in [-0.1, -0.05) is 17.7 Å². The fraction of sp³-hybridized carbons (Fsp3) is 0.286. The van der Waals surface area contributed by atoms with Gasteiger partial charge in [-0.25, -0.2) is 4.98 Å². The third-order valence-electron chi connectivity index (χ3n) is 3.07. The van der Waals surface area contributed by atoms with Gasteiger partial charge in [0, 0.05) is 12.4 Å². The maximum atomic E-state index is 10.5. The predicted molar refractivity (Wildman–Crippen MR) is 71.7 cm³/mol. The molecule has 4 nitrogen and oxygen atoms in total. The second-order valence-corrected chi connectivity index (χ2v) is 4.52. The second-order valence-electron chi connectivity index (χ2n) is 4.52. The number of amides is 1. The van der Waals surface area contributed by atoms with Gasteiger partial charge in [-0.05, 0) is 37.5 Å². The first-order valence-corrected chi connectivity index (χ1v) is 5.90. The van der Waals surface area contributed by atoms with Crippen LogP contribution in [-0.2, 0) is 11.3 Å². The lowest BCUT2D eigenvalue weighted by Crippen LogP contribution is -2.08. The van der Waals surface area contributed by atoms with E-state index in [4.69, 9.17) is 0 Å². The van der Waals surface area contributed by atoms with Crippen molar-refractivity contribution < 1.29 is 4.79 Å².